The molecule has 2 N–H and O–H groups in total. The summed E-state index contributed by atoms with van der Waals surface area (Å²) in [5.74, 6) is -3.79. The van der Waals surface area contributed by atoms with Crippen molar-refractivity contribution in [2.75, 3.05) is 5.32 Å². The van der Waals surface area contributed by atoms with E-state index in [1.165, 1.54) is 18.2 Å². The molecule has 0 spiro atoms. The van der Waals surface area contributed by atoms with E-state index in [2.05, 4.69) is 10.1 Å². The minimum Gasteiger partial charge on any atom is -0.478 e. The maximum atomic E-state index is 14.6. The van der Waals surface area contributed by atoms with E-state index < -0.39 is 35.8 Å². The van der Waals surface area contributed by atoms with Crippen LogP contribution in [0.5, 0.6) is 5.75 Å². The zero-order valence-electron chi connectivity index (χ0n) is 14.3. The number of hydrogen-bond donors (Lipinski definition) is 2. The van der Waals surface area contributed by atoms with Gasteiger partial charge >= 0.3 is 12.6 Å². The molecule has 8 heteroatoms. The van der Waals surface area contributed by atoms with Crippen LogP contribution in [-0.4, -0.2) is 17.7 Å². The molecule has 4 rings (SSSR count). The van der Waals surface area contributed by atoms with Crippen LogP contribution < -0.4 is 10.1 Å². The Morgan fingerprint density at radius 3 is 2.54 bits per heavy atom. The zero-order chi connectivity index (χ0) is 20.0. The van der Waals surface area contributed by atoms with Gasteiger partial charge in [0.15, 0.2) is 0 Å². The van der Waals surface area contributed by atoms with Gasteiger partial charge in [0, 0.05) is 17.2 Å². The highest BCUT2D eigenvalue weighted by Crippen LogP contribution is 2.51. The van der Waals surface area contributed by atoms with Gasteiger partial charge in [-0.3, -0.25) is 0 Å². The molecular weight excluding hydrogens is 378 g/mol. The van der Waals surface area contributed by atoms with E-state index in [9.17, 15) is 22.4 Å². The van der Waals surface area contributed by atoms with Gasteiger partial charge in [0.05, 0.1) is 11.6 Å². The van der Waals surface area contributed by atoms with Gasteiger partial charge in [-0.25, -0.2) is 13.6 Å². The summed E-state index contributed by atoms with van der Waals surface area (Å²) in [5.41, 5.74) is 0.559. The number of nitrogens with one attached hydrogen (secondary N) is 1. The quantitative estimate of drug-likeness (QED) is 0.561. The number of carboxylic acid groups (broad SMARTS) is 1. The summed E-state index contributed by atoms with van der Waals surface area (Å²) >= 11 is 0. The standard InChI is InChI=1S/C20H15F4NO3/c21-14-6-9(19(26)27)7-15(22)17(14)18-12-3-1-2-11(12)13-8-10(28-20(23)24)4-5-16(13)25-18/h1-2,4-8,11-12,18,20,25H,3H2,(H,26,27)/t11-,12+,18-/m1/s1. The van der Waals surface area contributed by atoms with Crippen LogP contribution in [-0.2, 0) is 0 Å². The first-order chi connectivity index (χ1) is 13.3. The number of carboxylic acids is 1. The summed E-state index contributed by atoms with van der Waals surface area (Å²) in [4.78, 5) is 11.0. The van der Waals surface area contributed by atoms with E-state index in [4.69, 9.17) is 5.11 Å². The van der Waals surface area contributed by atoms with Crippen molar-refractivity contribution >= 4 is 11.7 Å². The molecule has 0 saturated heterocycles. The lowest BCUT2D eigenvalue weighted by Gasteiger charge is -2.37. The van der Waals surface area contributed by atoms with Crippen LogP contribution in [0.2, 0.25) is 0 Å². The molecule has 0 radical (unpaired) electrons. The number of rotatable bonds is 4. The summed E-state index contributed by atoms with van der Waals surface area (Å²) in [6, 6.07) is 5.25. The van der Waals surface area contributed by atoms with Gasteiger partial charge in [-0.2, -0.15) is 8.78 Å². The minimum atomic E-state index is -2.95. The number of ether oxygens (including phenoxy) is 1. The Balaban J connectivity index is 1.75. The van der Waals surface area contributed by atoms with E-state index in [1.807, 2.05) is 12.2 Å². The molecule has 146 valence electrons. The zero-order valence-corrected chi connectivity index (χ0v) is 14.3. The van der Waals surface area contributed by atoms with Gasteiger partial charge in [0.1, 0.15) is 17.4 Å². The minimum absolute atomic E-state index is 0.0104. The largest absolute Gasteiger partial charge is 0.478 e. The van der Waals surface area contributed by atoms with E-state index in [0.29, 0.717) is 17.7 Å². The third kappa shape index (κ3) is 3.08. The molecule has 0 bridgehead atoms. The number of benzene rings is 2. The van der Waals surface area contributed by atoms with Crippen molar-refractivity contribution in [3.05, 3.63) is 70.8 Å². The van der Waals surface area contributed by atoms with E-state index in [1.54, 1.807) is 0 Å². The maximum absolute atomic E-state index is 14.6. The fourth-order valence-corrected chi connectivity index (χ4v) is 4.04. The second-order valence-electron chi connectivity index (χ2n) is 6.76. The van der Waals surface area contributed by atoms with Crippen molar-refractivity contribution in [3.8, 4) is 5.75 Å². The van der Waals surface area contributed by atoms with E-state index in [0.717, 1.165) is 12.1 Å². The highest BCUT2D eigenvalue weighted by molar-refractivity contribution is 5.87. The molecule has 0 aromatic heterocycles. The van der Waals surface area contributed by atoms with Crippen molar-refractivity contribution < 1.29 is 32.2 Å². The number of aromatic carboxylic acids is 1. The van der Waals surface area contributed by atoms with Crippen LogP contribution in [0.1, 0.15) is 39.9 Å². The number of alkyl halides is 2. The highest BCUT2D eigenvalue weighted by atomic mass is 19.3. The molecule has 2 aromatic rings. The normalized spacial score (nSPS) is 22.5. The monoisotopic (exact) mass is 393 g/mol. The Morgan fingerprint density at radius 1 is 1.18 bits per heavy atom. The van der Waals surface area contributed by atoms with Crippen molar-refractivity contribution in [2.24, 2.45) is 5.92 Å². The van der Waals surface area contributed by atoms with Gasteiger partial charge < -0.3 is 15.2 Å². The van der Waals surface area contributed by atoms with Crippen molar-refractivity contribution in [1.29, 1.82) is 0 Å². The lowest BCUT2D eigenvalue weighted by atomic mass is 9.76. The predicted octanol–water partition coefficient (Wildman–Crippen LogP) is 5.09. The molecule has 4 nitrogen and oxygen atoms in total. The Morgan fingerprint density at radius 2 is 1.89 bits per heavy atom. The fourth-order valence-electron chi connectivity index (χ4n) is 4.04. The summed E-state index contributed by atoms with van der Waals surface area (Å²) in [6.07, 6.45) is 4.29. The van der Waals surface area contributed by atoms with Crippen LogP contribution >= 0.6 is 0 Å². The van der Waals surface area contributed by atoms with Gasteiger partial charge in [0.25, 0.3) is 0 Å². The number of carbonyl (C=O) groups is 1. The lowest BCUT2D eigenvalue weighted by molar-refractivity contribution is -0.0499. The number of anilines is 1. The molecule has 2 aromatic carbocycles. The second kappa shape index (κ2) is 6.85. The number of allylic oxidation sites excluding steroid dienone is 2. The molecule has 3 atom stereocenters. The number of halogens is 4. The smallest absolute Gasteiger partial charge is 0.387 e. The topological polar surface area (TPSA) is 58.6 Å². The Hall–Kier alpha value is -3.03. The van der Waals surface area contributed by atoms with Crippen molar-refractivity contribution in [2.45, 2.75) is 25.0 Å². The van der Waals surface area contributed by atoms with Crippen LogP contribution in [0, 0.1) is 17.6 Å². The average molecular weight is 393 g/mol. The Labute approximate surface area is 157 Å². The van der Waals surface area contributed by atoms with Gasteiger partial charge in [-0.05, 0) is 48.2 Å². The maximum Gasteiger partial charge on any atom is 0.387 e. The Bertz CT molecular complexity index is 953. The first-order valence-electron chi connectivity index (χ1n) is 8.59. The molecule has 0 unspecified atom stereocenters. The van der Waals surface area contributed by atoms with Crippen molar-refractivity contribution in [3.63, 3.8) is 0 Å². The van der Waals surface area contributed by atoms with Crippen LogP contribution in [0.3, 0.4) is 0 Å². The molecule has 1 aliphatic heterocycles. The molecule has 1 aliphatic carbocycles. The molecule has 28 heavy (non-hydrogen) atoms. The summed E-state index contributed by atoms with van der Waals surface area (Å²) in [7, 11) is 0. The first-order valence-corrected chi connectivity index (χ1v) is 8.59. The Kier molecular flexibility index (Phi) is 4.49. The highest BCUT2D eigenvalue weighted by Gasteiger charge is 2.40. The third-order valence-corrected chi connectivity index (χ3v) is 5.20. The summed E-state index contributed by atoms with van der Waals surface area (Å²) < 4.78 is 58.7. The van der Waals surface area contributed by atoms with Crippen LogP contribution in [0.25, 0.3) is 0 Å². The third-order valence-electron chi connectivity index (χ3n) is 5.20. The van der Waals surface area contributed by atoms with E-state index >= 15 is 0 Å². The number of hydrogen-bond acceptors (Lipinski definition) is 3. The SMILES string of the molecule is O=C(O)c1cc(F)c([C@@H]2Nc3ccc(OC(F)F)cc3[C@@H]3C=CC[C@@H]32)c(F)c1. The molecular formula is C20H15F4NO3. The van der Waals surface area contributed by atoms with Gasteiger partial charge in [0.2, 0.25) is 0 Å². The summed E-state index contributed by atoms with van der Waals surface area (Å²) in [5, 5.41) is 12.1. The molecule has 2 aliphatic rings. The fraction of sp³-hybridized carbons (Fsp3) is 0.250. The van der Waals surface area contributed by atoms with E-state index in [-0.39, 0.29) is 23.1 Å². The average Bonchev–Trinajstić information content (AvgIpc) is 3.11. The van der Waals surface area contributed by atoms with Crippen molar-refractivity contribution in [1.82, 2.24) is 0 Å². The summed E-state index contributed by atoms with van der Waals surface area (Å²) in [6.45, 7) is -2.95. The lowest BCUT2D eigenvalue weighted by Crippen LogP contribution is -2.30. The predicted molar refractivity (Wildman–Crippen MR) is 92.7 cm³/mol. The van der Waals surface area contributed by atoms with Gasteiger partial charge in [-0.15, -0.1) is 0 Å². The number of fused-ring (bicyclic) bond motifs is 3. The second-order valence-corrected chi connectivity index (χ2v) is 6.76. The van der Waals surface area contributed by atoms with Gasteiger partial charge in [-0.1, -0.05) is 12.2 Å². The first kappa shape index (κ1) is 18.3. The molecule has 0 fully saturated rings. The molecule has 0 amide bonds. The van der Waals surface area contributed by atoms with Crippen LogP contribution in [0.15, 0.2) is 42.5 Å². The van der Waals surface area contributed by atoms with Crippen LogP contribution in [0.4, 0.5) is 23.2 Å². The molecule has 0 saturated carbocycles. The molecule has 1 heterocycles.